The molecule has 1 aliphatic rings. The van der Waals surface area contributed by atoms with E-state index in [0.717, 1.165) is 54.1 Å². The number of piperazine rings is 1. The van der Waals surface area contributed by atoms with Crippen molar-refractivity contribution in [3.63, 3.8) is 0 Å². The van der Waals surface area contributed by atoms with Gasteiger partial charge in [-0.1, -0.05) is 42.1 Å². The smallest absolute Gasteiger partial charge is 0.189 e. The highest BCUT2D eigenvalue weighted by atomic mass is 32.2. The van der Waals surface area contributed by atoms with E-state index in [1.54, 1.807) is 11.8 Å². The Morgan fingerprint density at radius 1 is 0.852 bits per heavy atom. The van der Waals surface area contributed by atoms with Gasteiger partial charge in [-0.3, -0.25) is 0 Å². The lowest BCUT2D eigenvalue weighted by molar-refractivity contribution is 0.623. The van der Waals surface area contributed by atoms with Gasteiger partial charge in [-0.05, 0) is 30.5 Å². The highest BCUT2D eigenvalue weighted by molar-refractivity contribution is 7.98. The molecule has 0 radical (unpaired) electrons. The van der Waals surface area contributed by atoms with E-state index in [1.807, 2.05) is 36.6 Å². The minimum absolute atomic E-state index is 0.198. The Morgan fingerprint density at radius 2 is 1.52 bits per heavy atom. The Morgan fingerprint density at radius 3 is 2.19 bits per heavy atom. The van der Waals surface area contributed by atoms with Gasteiger partial charge in [0, 0.05) is 43.5 Å². The topological polar surface area (TPSA) is 32.3 Å². The molecule has 4 rings (SSSR count). The maximum Gasteiger partial charge on any atom is 0.189 e. The van der Waals surface area contributed by atoms with Crippen LogP contribution in [-0.4, -0.2) is 42.4 Å². The number of thioether (sulfide) groups is 1. The van der Waals surface area contributed by atoms with Gasteiger partial charge in [0.2, 0.25) is 0 Å². The number of anilines is 2. The van der Waals surface area contributed by atoms with Gasteiger partial charge in [0.25, 0.3) is 0 Å². The van der Waals surface area contributed by atoms with E-state index in [-0.39, 0.29) is 5.82 Å². The summed E-state index contributed by atoms with van der Waals surface area (Å²) in [5.74, 6) is 0.767. The van der Waals surface area contributed by atoms with Gasteiger partial charge in [0.15, 0.2) is 5.16 Å². The first kappa shape index (κ1) is 17.8. The molecule has 0 amide bonds. The van der Waals surface area contributed by atoms with Crippen molar-refractivity contribution in [1.82, 2.24) is 9.97 Å². The molecule has 138 valence electrons. The third-order valence-corrected chi connectivity index (χ3v) is 5.29. The summed E-state index contributed by atoms with van der Waals surface area (Å²) >= 11 is 1.56. The van der Waals surface area contributed by atoms with Crippen molar-refractivity contribution in [1.29, 1.82) is 0 Å². The highest BCUT2D eigenvalue weighted by Gasteiger charge is 2.20. The Labute approximate surface area is 163 Å². The maximum absolute atomic E-state index is 13.1. The summed E-state index contributed by atoms with van der Waals surface area (Å²) in [7, 11) is 0. The summed E-state index contributed by atoms with van der Waals surface area (Å²) in [4.78, 5) is 14.0. The monoisotopic (exact) mass is 380 g/mol. The Hall–Kier alpha value is -2.60. The molecule has 1 fully saturated rings. The van der Waals surface area contributed by atoms with E-state index in [4.69, 9.17) is 4.98 Å². The molecule has 1 aliphatic heterocycles. The second kappa shape index (κ2) is 7.96. The van der Waals surface area contributed by atoms with Gasteiger partial charge in [-0.25, -0.2) is 14.4 Å². The minimum Gasteiger partial charge on any atom is -0.368 e. The zero-order chi connectivity index (χ0) is 18.6. The van der Waals surface area contributed by atoms with E-state index in [0.29, 0.717) is 0 Å². The molecule has 0 saturated carbocycles. The molecule has 0 atom stereocenters. The zero-order valence-corrected chi connectivity index (χ0v) is 16.0. The molecule has 2 heterocycles. The molecule has 1 saturated heterocycles. The van der Waals surface area contributed by atoms with Crippen LogP contribution in [0.3, 0.4) is 0 Å². The van der Waals surface area contributed by atoms with Gasteiger partial charge >= 0.3 is 0 Å². The van der Waals surface area contributed by atoms with E-state index in [1.165, 1.54) is 12.1 Å². The Kier molecular flexibility index (Phi) is 5.25. The van der Waals surface area contributed by atoms with Crippen LogP contribution in [-0.2, 0) is 0 Å². The van der Waals surface area contributed by atoms with Crippen LogP contribution in [0.4, 0.5) is 15.9 Å². The molecular weight excluding hydrogens is 359 g/mol. The standard InChI is InChI=1S/C21H21FN4S/c1-27-21-23-19(16-5-3-2-4-6-16)15-20(24-21)26-13-11-25(12-14-26)18-9-7-17(22)8-10-18/h2-10,15H,11-14H2,1H3. The predicted octanol–water partition coefficient (Wildman–Crippen LogP) is 4.33. The number of nitrogens with zero attached hydrogens (tertiary/aromatic N) is 4. The molecule has 0 N–H and O–H groups in total. The average molecular weight is 380 g/mol. The number of hydrogen-bond donors (Lipinski definition) is 0. The second-order valence-electron chi connectivity index (χ2n) is 6.41. The van der Waals surface area contributed by atoms with Gasteiger partial charge in [-0.2, -0.15) is 0 Å². The normalized spacial score (nSPS) is 14.4. The molecule has 0 bridgehead atoms. The fraction of sp³-hybridized carbons (Fsp3) is 0.238. The largest absolute Gasteiger partial charge is 0.368 e. The van der Waals surface area contributed by atoms with E-state index < -0.39 is 0 Å². The van der Waals surface area contributed by atoms with Crippen LogP contribution >= 0.6 is 11.8 Å². The lowest BCUT2D eigenvalue weighted by Crippen LogP contribution is -2.46. The van der Waals surface area contributed by atoms with Gasteiger partial charge in [0.05, 0.1) is 5.69 Å². The summed E-state index contributed by atoms with van der Waals surface area (Å²) in [6, 6.07) is 19.0. The molecule has 3 aromatic rings. The molecule has 0 unspecified atom stereocenters. The van der Waals surface area contributed by atoms with E-state index in [9.17, 15) is 4.39 Å². The van der Waals surface area contributed by atoms with Crippen molar-refractivity contribution in [3.8, 4) is 11.3 Å². The summed E-state index contributed by atoms with van der Waals surface area (Å²) in [6.07, 6.45) is 2.00. The third-order valence-electron chi connectivity index (χ3n) is 4.74. The number of aromatic nitrogens is 2. The summed E-state index contributed by atoms with van der Waals surface area (Å²) in [5, 5.41) is 0.785. The first-order valence-corrected chi connectivity index (χ1v) is 10.2. The second-order valence-corrected chi connectivity index (χ2v) is 7.19. The number of hydrogen-bond acceptors (Lipinski definition) is 5. The molecule has 0 aliphatic carbocycles. The Bertz CT molecular complexity index is 894. The zero-order valence-electron chi connectivity index (χ0n) is 15.2. The van der Waals surface area contributed by atoms with Crippen LogP contribution in [0.5, 0.6) is 0 Å². The SMILES string of the molecule is CSc1nc(-c2ccccc2)cc(N2CCN(c3ccc(F)cc3)CC2)n1. The number of halogens is 1. The predicted molar refractivity (Wildman–Crippen MR) is 110 cm³/mol. The first-order chi connectivity index (χ1) is 13.2. The third kappa shape index (κ3) is 4.06. The minimum atomic E-state index is -0.198. The van der Waals surface area contributed by atoms with Crippen molar-refractivity contribution in [2.45, 2.75) is 5.16 Å². The molecule has 2 aromatic carbocycles. The molecule has 1 aromatic heterocycles. The molecular formula is C21H21FN4S. The molecule has 6 heteroatoms. The van der Waals surface area contributed by atoms with Crippen LogP contribution in [0, 0.1) is 5.82 Å². The van der Waals surface area contributed by atoms with Crippen LogP contribution in [0.1, 0.15) is 0 Å². The van der Waals surface area contributed by atoms with Crippen molar-refractivity contribution < 1.29 is 4.39 Å². The van der Waals surface area contributed by atoms with Crippen molar-refractivity contribution in [2.24, 2.45) is 0 Å². The van der Waals surface area contributed by atoms with Gasteiger partial charge in [0.1, 0.15) is 11.6 Å². The summed E-state index contributed by atoms with van der Waals surface area (Å²) in [6.45, 7) is 3.50. The van der Waals surface area contributed by atoms with Crippen molar-refractivity contribution in [3.05, 3.63) is 66.5 Å². The van der Waals surface area contributed by atoms with Crippen LogP contribution in [0.2, 0.25) is 0 Å². The lowest BCUT2D eigenvalue weighted by atomic mass is 10.1. The number of benzene rings is 2. The fourth-order valence-corrected chi connectivity index (χ4v) is 3.64. The van der Waals surface area contributed by atoms with Crippen molar-refractivity contribution in [2.75, 3.05) is 42.2 Å². The average Bonchev–Trinajstić information content (AvgIpc) is 2.75. The first-order valence-electron chi connectivity index (χ1n) is 8.97. The fourth-order valence-electron chi connectivity index (χ4n) is 3.27. The van der Waals surface area contributed by atoms with E-state index >= 15 is 0 Å². The molecule has 0 spiro atoms. The van der Waals surface area contributed by atoms with Crippen molar-refractivity contribution >= 4 is 23.3 Å². The van der Waals surface area contributed by atoms with Gasteiger partial charge < -0.3 is 9.80 Å². The Balaban J connectivity index is 1.53. The maximum atomic E-state index is 13.1. The summed E-state index contributed by atoms with van der Waals surface area (Å²) < 4.78 is 13.1. The lowest BCUT2D eigenvalue weighted by Gasteiger charge is -2.36. The molecule has 27 heavy (non-hydrogen) atoms. The number of rotatable bonds is 4. The van der Waals surface area contributed by atoms with Crippen LogP contribution in [0.15, 0.2) is 65.8 Å². The highest BCUT2D eigenvalue weighted by Crippen LogP contribution is 2.26. The van der Waals surface area contributed by atoms with Crippen LogP contribution in [0.25, 0.3) is 11.3 Å². The molecule has 4 nitrogen and oxygen atoms in total. The van der Waals surface area contributed by atoms with Crippen LogP contribution < -0.4 is 9.80 Å². The van der Waals surface area contributed by atoms with E-state index in [2.05, 4.69) is 33.0 Å². The van der Waals surface area contributed by atoms with Gasteiger partial charge in [-0.15, -0.1) is 0 Å². The summed E-state index contributed by atoms with van der Waals surface area (Å²) in [5.41, 5.74) is 3.11. The quantitative estimate of drug-likeness (QED) is 0.497.